The average Bonchev–Trinajstić information content (AvgIpc) is 2.43. The second-order valence-electron chi connectivity index (χ2n) is 4.32. The predicted octanol–water partition coefficient (Wildman–Crippen LogP) is 2.68. The van der Waals surface area contributed by atoms with Crippen molar-refractivity contribution in [3.8, 4) is 0 Å². The van der Waals surface area contributed by atoms with Gasteiger partial charge in [0.15, 0.2) is 0 Å². The molecule has 0 aliphatic heterocycles. The number of amides is 1. The SMILES string of the molecule is CN(C)c1ncccc1C(=O)Nc1c(F)cccc1F. The van der Waals surface area contributed by atoms with Crippen LogP contribution in [0.3, 0.4) is 0 Å². The smallest absolute Gasteiger partial charge is 0.259 e. The molecule has 0 fully saturated rings. The molecule has 1 amide bonds. The van der Waals surface area contributed by atoms with Crippen LogP contribution in [0.5, 0.6) is 0 Å². The maximum Gasteiger partial charge on any atom is 0.259 e. The van der Waals surface area contributed by atoms with E-state index in [0.717, 1.165) is 12.1 Å². The summed E-state index contributed by atoms with van der Waals surface area (Å²) >= 11 is 0. The van der Waals surface area contributed by atoms with Gasteiger partial charge in [-0.25, -0.2) is 13.8 Å². The number of nitrogens with one attached hydrogen (secondary N) is 1. The number of hydrogen-bond donors (Lipinski definition) is 1. The van der Waals surface area contributed by atoms with E-state index in [0.29, 0.717) is 5.82 Å². The Hall–Kier alpha value is -2.50. The van der Waals surface area contributed by atoms with Gasteiger partial charge in [0.25, 0.3) is 5.91 Å². The van der Waals surface area contributed by atoms with Gasteiger partial charge in [-0.2, -0.15) is 0 Å². The Balaban J connectivity index is 2.34. The minimum atomic E-state index is -0.825. The zero-order valence-electron chi connectivity index (χ0n) is 11.0. The summed E-state index contributed by atoms with van der Waals surface area (Å²) in [5.41, 5.74) is -0.230. The molecule has 104 valence electrons. The third-order valence-corrected chi connectivity index (χ3v) is 2.66. The van der Waals surface area contributed by atoms with Crippen LogP contribution in [0, 0.1) is 11.6 Å². The van der Waals surface area contributed by atoms with Crippen LogP contribution in [0.25, 0.3) is 0 Å². The van der Waals surface area contributed by atoms with E-state index in [1.54, 1.807) is 25.1 Å². The molecule has 0 spiro atoms. The molecule has 1 heterocycles. The molecular weight excluding hydrogens is 264 g/mol. The molecule has 0 bridgehead atoms. The monoisotopic (exact) mass is 277 g/mol. The highest BCUT2D eigenvalue weighted by Crippen LogP contribution is 2.21. The van der Waals surface area contributed by atoms with E-state index in [4.69, 9.17) is 0 Å². The fourth-order valence-electron chi connectivity index (χ4n) is 1.73. The highest BCUT2D eigenvalue weighted by atomic mass is 19.1. The molecule has 0 aliphatic carbocycles. The first kappa shape index (κ1) is 13.9. The van der Waals surface area contributed by atoms with Gasteiger partial charge >= 0.3 is 0 Å². The Morgan fingerprint density at radius 3 is 2.40 bits per heavy atom. The summed E-state index contributed by atoms with van der Waals surface area (Å²) < 4.78 is 27.0. The molecule has 0 radical (unpaired) electrons. The summed E-state index contributed by atoms with van der Waals surface area (Å²) in [6, 6.07) is 6.51. The van der Waals surface area contributed by atoms with E-state index >= 15 is 0 Å². The number of benzene rings is 1. The first-order chi connectivity index (χ1) is 9.50. The molecule has 2 aromatic rings. The number of carbonyl (C=O) groups is 1. The van der Waals surface area contributed by atoms with Crippen molar-refractivity contribution in [3.05, 3.63) is 53.7 Å². The first-order valence-electron chi connectivity index (χ1n) is 5.88. The number of carbonyl (C=O) groups excluding carboxylic acids is 1. The molecule has 2 rings (SSSR count). The first-order valence-corrected chi connectivity index (χ1v) is 5.88. The van der Waals surface area contributed by atoms with E-state index in [-0.39, 0.29) is 5.56 Å². The molecule has 0 aliphatic rings. The largest absolute Gasteiger partial charge is 0.362 e. The zero-order valence-corrected chi connectivity index (χ0v) is 11.0. The maximum atomic E-state index is 13.5. The molecule has 0 saturated heterocycles. The molecule has 20 heavy (non-hydrogen) atoms. The third kappa shape index (κ3) is 2.74. The van der Waals surface area contributed by atoms with E-state index in [2.05, 4.69) is 10.3 Å². The molecule has 0 saturated carbocycles. The number of halogens is 2. The summed E-state index contributed by atoms with van der Waals surface area (Å²) in [6.07, 6.45) is 1.54. The number of aromatic nitrogens is 1. The summed E-state index contributed by atoms with van der Waals surface area (Å²) in [6.45, 7) is 0. The van der Waals surface area contributed by atoms with Crippen molar-refractivity contribution in [2.75, 3.05) is 24.3 Å². The van der Waals surface area contributed by atoms with E-state index in [1.807, 2.05) is 0 Å². The van der Waals surface area contributed by atoms with Crippen LogP contribution in [0.4, 0.5) is 20.3 Å². The van der Waals surface area contributed by atoms with Gasteiger partial charge in [0.05, 0.1) is 5.56 Å². The molecule has 0 unspecified atom stereocenters. The van der Waals surface area contributed by atoms with Gasteiger partial charge in [0.1, 0.15) is 23.1 Å². The molecule has 0 atom stereocenters. The van der Waals surface area contributed by atoms with Gasteiger partial charge in [-0.3, -0.25) is 4.79 Å². The lowest BCUT2D eigenvalue weighted by atomic mass is 10.2. The van der Waals surface area contributed by atoms with Crippen LogP contribution < -0.4 is 10.2 Å². The minimum absolute atomic E-state index is 0.236. The predicted molar refractivity (Wildman–Crippen MR) is 72.9 cm³/mol. The molecular formula is C14H13F2N3O. The van der Waals surface area contributed by atoms with Crippen molar-refractivity contribution in [3.63, 3.8) is 0 Å². The number of pyridine rings is 1. The zero-order chi connectivity index (χ0) is 14.7. The summed E-state index contributed by atoms with van der Waals surface area (Å²) in [5, 5.41) is 2.23. The Bertz CT molecular complexity index is 624. The normalized spacial score (nSPS) is 10.2. The van der Waals surface area contributed by atoms with E-state index < -0.39 is 23.2 Å². The summed E-state index contributed by atoms with van der Waals surface area (Å²) in [5.74, 6) is -1.85. The van der Waals surface area contributed by atoms with Gasteiger partial charge in [-0.1, -0.05) is 6.07 Å². The number of nitrogens with zero attached hydrogens (tertiary/aromatic N) is 2. The average molecular weight is 277 g/mol. The highest BCUT2D eigenvalue weighted by Gasteiger charge is 2.17. The fourth-order valence-corrected chi connectivity index (χ4v) is 1.73. The number of hydrogen-bond acceptors (Lipinski definition) is 3. The Morgan fingerprint density at radius 2 is 1.80 bits per heavy atom. The molecule has 4 nitrogen and oxygen atoms in total. The van der Waals surface area contributed by atoms with Gasteiger partial charge in [-0.15, -0.1) is 0 Å². The van der Waals surface area contributed by atoms with Crippen LogP contribution in [0.15, 0.2) is 36.5 Å². The van der Waals surface area contributed by atoms with Crippen molar-refractivity contribution in [1.82, 2.24) is 4.98 Å². The standard InChI is InChI=1S/C14H13F2N3O/c1-19(2)13-9(5-4-8-17-13)14(20)18-12-10(15)6-3-7-11(12)16/h3-8H,1-2H3,(H,18,20). The fraction of sp³-hybridized carbons (Fsp3) is 0.143. The number of para-hydroxylation sites is 1. The Kier molecular flexibility index (Phi) is 3.93. The van der Waals surface area contributed by atoms with Gasteiger partial charge in [0, 0.05) is 20.3 Å². The van der Waals surface area contributed by atoms with Crippen molar-refractivity contribution in [2.45, 2.75) is 0 Å². The van der Waals surface area contributed by atoms with Crippen molar-refractivity contribution < 1.29 is 13.6 Å². The van der Waals surface area contributed by atoms with Gasteiger partial charge in [0.2, 0.25) is 0 Å². The third-order valence-electron chi connectivity index (χ3n) is 2.66. The van der Waals surface area contributed by atoms with Crippen LogP contribution in [-0.4, -0.2) is 25.0 Å². The van der Waals surface area contributed by atoms with Crippen LogP contribution in [0.1, 0.15) is 10.4 Å². The summed E-state index contributed by atoms with van der Waals surface area (Å²) in [7, 11) is 3.45. The van der Waals surface area contributed by atoms with Crippen LogP contribution in [-0.2, 0) is 0 Å². The van der Waals surface area contributed by atoms with E-state index in [9.17, 15) is 13.6 Å². The quantitative estimate of drug-likeness (QED) is 0.938. The second kappa shape index (κ2) is 5.64. The molecule has 1 aromatic heterocycles. The lowest BCUT2D eigenvalue weighted by Crippen LogP contribution is -2.20. The highest BCUT2D eigenvalue weighted by molar-refractivity contribution is 6.07. The van der Waals surface area contributed by atoms with Gasteiger partial charge in [-0.05, 0) is 24.3 Å². The molecule has 1 N–H and O–H groups in total. The van der Waals surface area contributed by atoms with Crippen molar-refractivity contribution in [2.24, 2.45) is 0 Å². The van der Waals surface area contributed by atoms with Crippen LogP contribution in [0.2, 0.25) is 0 Å². The van der Waals surface area contributed by atoms with Crippen molar-refractivity contribution in [1.29, 1.82) is 0 Å². The minimum Gasteiger partial charge on any atom is -0.362 e. The summed E-state index contributed by atoms with van der Waals surface area (Å²) in [4.78, 5) is 17.8. The molecule has 1 aromatic carbocycles. The van der Waals surface area contributed by atoms with Crippen molar-refractivity contribution >= 4 is 17.4 Å². The molecule has 6 heteroatoms. The van der Waals surface area contributed by atoms with E-state index in [1.165, 1.54) is 18.3 Å². The van der Waals surface area contributed by atoms with Gasteiger partial charge < -0.3 is 10.2 Å². The topological polar surface area (TPSA) is 45.2 Å². The Labute approximate surface area is 115 Å². The van der Waals surface area contributed by atoms with Crippen LogP contribution >= 0.6 is 0 Å². The second-order valence-corrected chi connectivity index (χ2v) is 4.32. The lowest BCUT2D eigenvalue weighted by molar-refractivity contribution is 0.102. The number of rotatable bonds is 3. The Morgan fingerprint density at radius 1 is 1.15 bits per heavy atom. The number of anilines is 2. The lowest BCUT2D eigenvalue weighted by Gasteiger charge is -2.15. The maximum absolute atomic E-state index is 13.5.